The van der Waals surface area contributed by atoms with Crippen molar-refractivity contribution in [2.24, 2.45) is 0 Å². The predicted octanol–water partition coefficient (Wildman–Crippen LogP) is 2.59. The highest BCUT2D eigenvalue weighted by Crippen LogP contribution is 2.19. The van der Waals surface area contributed by atoms with Crippen molar-refractivity contribution in [1.29, 1.82) is 0 Å². The molecule has 0 unspecified atom stereocenters. The smallest absolute Gasteiger partial charge is 0.387 e. The Morgan fingerprint density at radius 2 is 1.95 bits per heavy atom. The lowest BCUT2D eigenvalue weighted by atomic mass is 10.2. The molecule has 114 valence electrons. The van der Waals surface area contributed by atoms with Crippen molar-refractivity contribution in [3.05, 3.63) is 66.5 Å². The molecule has 1 aromatic carbocycles. The third-order valence-corrected chi connectivity index (χ3v) is 2.66. The molecule has 7 heteroatoms. The molecule has 0 spiro atoms. The van der Waals surface area contributed by atoms with Crippen molar-refractivity contribution < 1.29 is 18.3 Å². The van der Waals surface area contributed by atoms with Crippen LogP contribution in [0.25, 0.3) is 5.70 Å². The van der Waals surface area contributed by atoms with Crippen LogP contribution in [-0.2, 0) is 0 Å². The van der Waals surface area contributed by atoms with E-state index in [0.29, 0.717) is 16.8 Å². The minimum absolute atomic E-state index is 0.00837. The number of nitrogens with zero attached hydrogens (tertiary/aromatic N) is 1. The lowest BCUT2D eigenvalue weighted by molar-refractivity contribution is -0.0498. The first-order chi connectivity index (χ1) is 10.6. The molecule has 0 aliphatic heterocycles. The van der Waals surface area contributed by atoms with Gasteiger partial charge in [0, 0.05) is 18.0 Å². The molecule has 0 saturated carbocycles. The van der Waals surface area contributed by atoms with Crippen LogP contribution in [0.15, 0.2) is 55.4 Å². The summed E-state index contributed by atoms with van der Waals surface area (Å²) in [6.07, 6.45) is 2.97. The maximum Gasteiger partial charge on any atom is 0.387 e. The highest BCUT2D eigenvalue weighted by Gasteiger charge is 2.08. The molecule has 5 nitrogen and oxygen atoms in total. The van der Waals surface area contributed by atoms with E-state index in [1.54, 1.807) is 30.5 Å². The fourth-order valence-electron chi connectivity index (χ4n) is 1.63. The van der Waals surface area contributed by atoms with Crippen LogP contribution in [0.3, 0.4) is 0 Å². The molecule has 0 aliphatic carbocycles. The zero-order chi connectivity index (χ0) is 15.9. The van der Waals surface area contributed by atoms with Gasteiger partial charge in [0.15, 0.2) is 0 Å². The summed E-state index contributed by atoms with van der Waals surface area (Å²) in [4.78, 5) is 15.6. The number of ether oxygens (including phenoxy) is 1. The summed E-state index contributed by atoms with van der Waals surface area (Å²) in [7, 11) is 0. The predicted molar refractivity (Wildman–Crippen MR) is 76.9 cm³/mol. The van der Waals surface area contributed by atoms with E-state index in [9.17, 15) is 13.6 Å². The number of pyridine rings is 1. The van der Waals surface area contributed by atoms with E-state index in [4.69, 9.17) is 0 Å². The number of amides is 1. The average molecular weight is 305 g/mol. The van der Waals surface area contributed by atoms with Gasteiger partial charge in [0.2, 0.25) is 0 Å². The molecule has 0 aliphatic rings. The molecule has 2 N–H and O–H groups in total. The van der Waals surface area contributed by atoms with Crippen LogP contribution in [0.4, 0.5) is 8.78 Å². The Kier molecular flexibility index (Phi) is 5.02. The molecule has 1 amide bonds. The largest absolute Gasteiger partial charge is 0.435 e. The van der Waals surface area contributed by atoms with E-state index in [0.717, 1.165) is 0 Å². The van der Waals surface area contributed by atoms with Crippen LogP contribution in [0, 0.1) is 0 Å². The number of benzene rings is 1. The Bertz CT molecular complexity index is 663. The first-order valence-corrected chi connectivity index (χ1v) is 6.27. The van der Waals surface area contributed by atoms with E-state index in [-0.39, 0.29) is 5.75 Å². The third kappa shape index (κ3) is 4.27. The minimum Gasteiger partial charge on any atom is -0.435 e. The van der Waals surface area contributed by atoms with Crippen LogP contribution < -0.4 is 15.6 Å². The van der Waals surface area contributed by atoms with Gasteiger partial charge in [0.1, 0.15) is 5.75 Å². The van der Waals surface area contributed by atoms with Crippen molar-refractivity contribution in [2.45, 2.75) is 6.61 Å². The van der Waals surface area contributed by atoms with E-state index < -0.39 is 12.5 Å². The van der Waals surface area contributed by atoms with Crippen LogP contribution in [0.1, 0.15) is 15.9 Å². The van der Waals surface area contributed by atoms with Crippen molar-refractivity contribution in [3.63, 3.8) is 0 Å². The number of alkyl halides is 2. The van der Waals surface area contributed by atoms with Gasteiger partial charge in [-0.05, 0) is 24.3 Å². The fraction of sp³-hybridized carbons (Fsp3) is 0.0667. The Hall–Kier alpha value is -2.96. The second-order valence-corrected chi connectivity index (χ2v) is 4.21. The quantitative estimate of drug-likeness (QED) is 0.805. The number of carbonyl (C=O) groups excluding carboxylic acids is 1. The molecule has 0 radical (unpaired) electrons. The van der Waals surface area contributed by atoms with Gasteiger partial charge in [0.25, 0.3) is 5.91 Å². The molecule has 0 saturated heterocycles. The highest BCUT2D eigenvalue weighted by molar-refractivity contribution is 5.94. The summed E-state index contributed by atoms with van der Waals surface area (Å²) in [5.74, 6) is -0.386. The number of nitrogens with one attached hydrogen (secondary N) is 2. The van der Waals surface area contributed by atoms with Gasteiger partial charge in [-0.15, -0.1) is 0 Å². The number of hydrazine groups is 1. The SMILES string of the molecule is C=C(NNC(=O)c1cccnc1)c1cccc(OC(F)F)c1. The molecule has 0 atom stereocenters. The monoisotopic (exact) mass is 305 g/mol. The van der Waals surface area contributed by atoms with Gasteiger partial charge < -0.3 is 4.74 Å². The molecule has 1 heterocycles. The molecule has 0 bridgehead atoms. The summed E-state index contributed by atoms with van der Waals surface area (Å²) in [6, 6.07) is 9.21. The van der Waals surface area contributed by atoms with Crippen LogP contribution in [0.5, 0.6) is 5.75 Å². The molecular formula is C15H13F2N3O2. The van der Waals surface area contributed by atoms with Gasteiger partial charge >= 0.3 is 6.61 Å². The number of halogens is 2. The Labute approximate surface area is 125 Å². The van der Waals surface area contributed by atoms with E-state index in [1.807, 2.05) is 0 Å². The standard InChI is InChI=1S/C15H13F2N3O2/c1-10(11-4-2-6-13(8-11)22-15(16)17)19-20-14(21)12-5-3-7-18-9-12/h2-9,15,19H,1H2,(H,20,21). The molecule has 0 fully saturated rings. The molecule has 2 rings (SSSR count). The first kappa shape index (κ1) is 15.4. The van der Waals surface area contributed by atoms with Crippen LogP contribution in [-0.4, -0.2) is 17.5 Å². The molecule has 22 heavy (non-hydrogen) atoms. The Morgan fingerprint density at radius 1 is 1.18 bits per heavy atom. The zero-order valence-electron chi connectivity index (χ0n) is 11.4. The lowest BCUT2D eigenvalue weighted by Gasteiger charge is -2.12. The normalized spacial score (nSPS) is 10.1. The minimum atomic E-state index is -2.90. The van der Waals surface area contributed by atoms with E-state index >= 15 is 0 Å². The van der Waals surface area contributed by atoms with E-state index in [1.165, 1.54) is 18.3 Å². The summed E-state index contributed by atoms with van der Waals surface area (Å²) in [6.45, 7) is 0.825. The first-order valence-electron chi connectivity index (χ1n) is 6.27. The summed E-state index contributed by atoms with van der Waals surface area (Å²) in [5.41, 5.74) is 6.26. The fourth-order valence-corrected chi connectivity index (χ4v) is 1.63. The maximum atomic E-state index is 12.2. The van der Waals surface area contributed by atoms with Gasteiger partial charge in [0.05, 0.1) is 11.3 Å². The molecular weight excluding hydrogens is 292 g/mol. The second-order valence-electron chi connectivity index (χ2n) is 4.21. The van der Waals surface area contributed by atoms with Gasteiger partial charge in [-0.25, -0.2) is 0 Å². The van der Waals surface area contributed by atoms with Crippen LogP contribution >= 0.6 is 0 Å². The Balaban J connectivity index is 1.96. The van der Waals surface area contributed by atoms with Crippen molar-refractivity contribution >= 4 is 11.6 Å². The van der Waals surface area contributed by atoms with Gasteiger partial charge in [-0.1, -0.05) is 18.7 Å². The van der Waals surface area contributed by atoms with Crippen molar-refractivity contribution in [3.8, 4) is 5.75 Å². The summed E-state index contributed by atoms with van der Waals surface area (Å²) >= 11 is 0. The highest BCUT2D eigenvalue weighted by atomic mass is 19.3. The molecule has 1 aromatic heterocycles. The Morgan fingerprint density at radius 3 is 2.64 bits per heavy atom. The maximum absolute atomic E-state index is 12.2. The van der Waals surface area contributed by atoms with Crippen molar-refractivity contribution in [1.82, 2.24) is 15.8 Å². The zero-order valence-corrected chi connectivity index (χ0v) is 11.4. The molecule has 2 aromatic rings. The second kappa shape index (κ2) is 7.16. The number of rotatable bonds is 6. The summed E-state index contributed by atoms with van der Waals surface area (Å²) in [5, 5.41) is 0. The lowest BCUT2D eigenvalue weighted by Crippen LogP contribution is -2.35. The third-order valence-electron chi connectivity index (χ3n) is 2.66. The van der Waals surface area contributed by atoms with Crippen molar-refractivity contribution in [2.75, 3.05) is 0 Å². The van der Waals surface area contributed by atoms with Gasteiger partial charge in [-0.2, -0.15) is 8.78 Å². The van der Waals surface area contributed by atoms with Gasteiger partial charge in [-0.3, -0.25) is 20.6 Å². The number of hydrogen-bond acceptors (Lipinski definition) is 4. The topological polar surface area (TPSA) is 63.2 Å². The number of carbonyl (C=O) groups is 1. The average Bonchev–Trinajstić information content (AvgIpc) is 2.52. The van der Waals surface area contributed by atoms with Crippen LogP contribution in [0.2, 0.25) is 0 Å². The summed E-state index contributed by atoms with van der Waals surface area (Å²) < 4.78 is 28.6. The number of hydrogen-bond donors (Lipinski definition) is 2. The number of aromatic nitrogens is 1. The van der Waals surface area contributed by atoms with E-state index in [2.05, 4.69) is 27.2 Å².